The molecule has 1 atom stereocenters. The van der Waals surface area contributed by atoms with Gasteiger partial charge in [-0.2, -0.15) is 0 Å². The van der Waals surface area contributed by atoms with Gasteiger partial charge < -0.3 is 20.4 Å². The number of carbonyl (C=O) groups excluding carboxylic acids is 2. The second-order valence-electron chi connectivity index (χ2n) is 5.38. The van der Waals surface area contributed by atoms with Crippen molar-refractivity contribution in [1.82, 2.24) is 0 Å². The number of hydrogen-bond acceptors (Lipinski definition) is 7. The van der Waals surface area contributed by atoms with Crippen molar-refractivity contribution in [1.29, 1.82) is 0 Å². The van der Waals surface area contributed by atoms with Crippen LogP contribution in [0.5, 0.6) is 0 Å². The van der Waals surface area contributed by atoms with E-state index < -0.39 is 45.1 Å². The first-order valence-electron chi connectivity index (χ1n) is 6.89. The average Bonchev–Trinajstić information content (AvgIpc) is 2.58. The second-order valence-corrected chi connectivity index (χ2v) is 7.20. The van der Waals surface area contributed by atoms with Crippen molar-refractivity contribution >= 4 is 34.0 Å². The van der Waals surface area contributed by atoms with Gasteiger partial charge in [-0.05, 0) is 18.2 Å². The summed E-state index contributed by atoms with van der Waals surface area (Å²) in [5.41, 5.74) is -1.04. The van der Waals surface area contributed by atoms with Gasteiger partial charge in [0.1, 0.15) is 0 Å². The van der Waals surface area contributed by atoms with E-state index in [-0.39, 0.29) is 14.8 Å². The average molecular weight is 383 g/mol. The van der Waals surface area contributed by atoms with Crippen LogP contribution in [-0.2, 0) is 10.8 Å². The molecular weight excluding hydrogens is 372 g/mol. The van der Waals surface area contributed by atoms with Gasteiger partial charge in [-0.25, -0.2) is 4.21 Å². The molecule has 0 amide bonds. The first kappa shape index (κ1) is 17.9. The molecule has 0 aromatic heterocycles. The third kappa shape index (κ3) is 2.46. The lowest BCUT2D eigenvalue weighted by atomic mass is 9.80. The molecule has 3 rings (SSSR count). The van der Waals surface area contributed by atoms with Crippen LogP contribution in [0.2, 0.25) is 5.02 Å². The predicted octanol–water partition coefficient (Wildman–Crippen LogP) is 0.247. The summed E-state index contributed by atoms with van der Waals surface area (Å²) >= 11 is 5.99. The van der Waals surface area contributed by atoms with E-state index in [0.717, 1.165) is 6.07 Å². The number of ketones is 2. The number of halogens is 1. The van der Waals surface area contributed by atoms with E-state index in [9.17, 15) is 34.2 Å². The van der Waals surface area contributed by atoms with Crippen molar-refractivity contribution in [3.63, 3.8) is 0 Å². The van der Waals surface area contributed by atoms with Crippen LogP contribution < -0.4 is 0 Å². The summed E-state index contributed by atoms with van der Waals surface area (Å²) in [7, 11) is -2.03. The number of benzene rings is 2. The quantitative estimate of drug-likeness (QED) is 0.547. The lowest BCUT2D eigenvalue weighted by molar-refractivity contribution is -0.299. The topological polar surface area (TPSA) is 132 Å². The van der Waals surface area contributed by atoms with E-state index in [1.54, 1.807) is 12.1 Å². The maximum absolute atomic E-state index is 12.8. The number of aliphatic hydroxyl groups is 4. The Hall–Kier alpha value is -1.94. The summed E-state index contributed by atoms with van der Waals surface area (Å²) in [4.78, 5) is 24.5. The highest BCUT2D eigenvalue weighted by atomic mass is 35.5. The molecular formula is C16H11ClO7S. The van der Waals surface area contributed by atoms with Crippen molar-refractivity contribution < 1.29 is 34.2 Å². The van der Waals surface area contributed by atoms with E-state index in [1.807, 2.05) is 0 Å². The number of rotatable bonds is 2. The number of hydrogen-bond donors (Lipinski definition) is 4. The largest absolute Gasteiger partial charge is 0.355 e. The summed E-state index contributed by atoms with van der Waals surface area (Å²) in [6.45, 7) is 0. The van der Waals surface area contributed by atoms with Gasteiger partial charge >= 0.3 is 0 Å². The van der Waals surface area contributed by atoms with Gasteiger partial charge in [0.15, 0.2) is 0 Å². The molecule has 25 heavy (non-hydrogen) atoms. The molecule has 0 bridgehead atoms. The molecule has 0 aliphatic heterocycles. The van der Waals surface area contributed by atoms with E-state index in [1.165, 1.54) is 24.3 Å². The first-order chi connectivity index (χ1) is 11.6. The fraction of sp³-hybridized carbons (Fsp3) is 0.125. The Morgan fingerprint density at radius 2 is 1.36 bits per heavy atom. The van der Waals surface area contributed by atoms with Crippen LogP contribution in [-0.4, -0.2) is 47.8 Å². The number of Topliss-reactive ketones (excluding diaryl/α,β-unsaturated/α-hetero) is 2. The SMILES string of the molecule is O=C1c2cccc(S(=O)c3ccccc3Cl)c2C(=O)C(O)(O)C1(O)O. The molecule has 0 saturated carbocycles. The third-order valence-corrected chi connectivity index (χ3v) is 5.79. The highest BCUT2D eigenvalue weighted by molar-refractivity contribution is 7.85. The Bertz CT molecular complexity index is 936. The van der Waals surface area contributed by atoms with Crippen LogP contribution in [0, 0.1) is 0 Å². The fourth-order valence-electron chi connectivity index (χ4n) is 2.50. The molecule has 2 aromatic rings. The summed E-state index contributed by atoms with van der Waals surface area (Å²) in [6, 6.07) is 9.73. The zero-order valence-electron chi connectivity index (χ0n) is 12.3. The number of carbonyl (C=O) groups is 2. The Balaban J connectivity index is 2.27. The van der Waals surface area contributed by atoms with E-state index in [2.05, 4.69) is 0 Å². The van der Waals surface area contributed by atoms with E-state index in [4.69, 9.17) is 11.6 Å². The minimum atomic E-state index is -3.78. The zero-order valence-corrected chi connectivity index (χ0v) is 13.9. The first-order valence-corrected chi connectivity index (χ1v) is 8.42. The van der Waals surface area contributed by atoms with Gasteiger partial charge in [0.05, 0.1) is 31.2 Å². The van der Waals surface area contributed by atoms with Crippen LogP contribution in [0.25, 0.3) is 0 Å². The normalized spacial score (nSPS) is 19.4. The van der Waals surface area contributed by atoms with Crippen molar-refractivity contribution in [3.05, 3.63) is 58.6 Å². The van der Waals surface area contributed by atoms with E-state index in [0.29, 0.717) is 0 Å². The minimum absolute atomic E-state index is 0.143. The highest BCUT2D eigenvalue weighted by Crippen LogP contribution is 2.37. The fourth-order valence-corrected chi connectivity index (χ4v) is 4.12. The predicted molar refractivity (Wildman–Crippen MR) is 85.6 cm³/mol. The molecule has 130 valence electrons. The third-order valence-electron chi connectivity index (χ3n) is 3.85. The van der Waals surface area contributed by atoms with Crippen LogP contribution >= 0.6 is 11.6 Å². The van der Waals surface area contributed by atoms with Crippen molar-refractivity contribution in [2.24, 2.45) is 0 Å². The molecule has 9 heteroatoms. The van der Waals surface area contributed by atoms with Crippen molar-refractivity contribution in [2.75, 3.05) is 0 Å². The Kier molecular flexibility index (Phi) is 4.15. The summed E-state index contributed by atoms with van der Waals surface area (Å²) in [5, 5.41) is 39.0. The molecule has 0 fully saturated rings. The molecule has 0 radical (unpaired) electrons. The van der Waals surface area contributed by atoms with Gasteiger partial charge in [-0.3, -0.25) is 9.59 Å². The smallest absolute Gasteiger partial charge is 0.292 e. The van der Waals surface area contributed by atoms with Crippen molar-refractivity contribution in [3.8, 4) is 0 Å². The summed E-state index contributed by atoms with van der Waals surface area (Å²) in [5.74, 6) is -10.5. The standard InChI is InChI=1S/C16H11ClO7S/c17-9-5-1-2-6-10(9)25(24)11-7-3-4-8-12(11)14(19)16(22,23)15(20,21)13(8)18/h1-7,20-23H. The minimum Gasteiger partial charge on any atom is -0.355 e. The molecule has 0 heterocycles. The van der Waals surface area contributed by atoms with E-state index >= 15 is 0 Å². The number of fused-ring (bicyclic) bond motifs is 1. The van der Waals surface area contributed by atoms with Crippen LogP contribution in [0.15, 0.2) is 52.3 Å². The summed E-state index contributed by atoms with van der Waals surface area (Å²) < 4.78 is 12.8. The molecule has 4 N–H and O–H groups in total. The van der Waals surface area contributed by atoms with Crippen LogP contribution in [0.4, 0.5) is 0 Å². The monoisotopic (exact) mass is 382 g/mol. The van der Waals surface area contributed by atoms with Gasteiger partial charge in [0.2, 0.25) is 11.6 Å². The van der Waals surface area contributed by atoms with Gasteiger partial charge in [-0.1, -0.05) is 35.9 Å². The molecule has 1 aliphatic rings. The maximum atomic E-state index is 12.8. The van der Waals surface area contributed by atoms with Gasteiger partial charge in [-0.15, -0.1) is 0 Å². The Morgan fingerprint density at radius 1 is 0.800 bits per heavy atom. The van der Waals surface area contributed by atoms with Gasteiger partial charge in [0.25, 0.3) is 11.6 Å². The van der Waals surface area contributed by atoms with Crippen LogP contribution in [0.1, 0.15) is 20.7 Å². The van der Waals surface area contributed by atoms with Gasteiger partial charge in [0, 0.05) is 5.56 Å². The Morgan fingerprint density at radius 3 is 2.00 bits per heavy atom. The molecule has 1 aliphatic carbocycles. The summed E-state index contributed by atoms with van der Waals surface area (Å²) in [6.07, 6.45) is 0. The zero-order chi connectivity index (χ0) is 18.6. The maximum Gasteiger partial charge on any atom is 0.292 e. The second kappa shape index (κ2) is 5.80. The molecule has 0 spiro atoms. The van der Waals surface area contributed by atoms with Crippen molar-refractivity contribution in [2.45, 2.75) is 21.4 Å². The van der Waals surface area contributed by atoms with Crippen LogP contribution in [0.3, 0.4) is 0 Å². The highest BCUT2D eigenvalue weighted by Gasteiger charge is 2.63. The lowest BCUT2D eigenvalue weighted by Crippen LogP contribution is -2.66. The molecule has 1 unspecified atom stereocenters. The lowest BCUT2D eigenvalue weighted by Gasteiger charge is -2.37. The molecule has 2 aromatic carbocycles. The Labute approximate surface area is 148 Å². The molecule has 7 nitrogen and oxygen atoms in total. The molecule has 0 saturated heterocycles.